The van der Waals surface area contributed by atoms with Crippen LogP contribution in [0.3, 0.4) is 0 Å². The Hall–Kier alpha value is -3.12. The Balaban J connectivity index is 1.51. The SMILES string of the molecule is COc1cc2c(cc1OC)CN(Cc1ccc3cc(NC(C)=O)ccc3n1)CC2. The molecule has 0 aliphatic carbocycles. The normalized spacial score (nSPS) is 13.8. The van der Waals surface area contributed by atoms with E-state index in [9.17, 15) is 4.79 Å². The summed E-state index contributed by atoms with van der Waals surface area (Å²) in [4.78, 5) is 18.4. The molecule has 3 aromatic rings. The molecule has 2 aromatic carbocycles. The second-order valence-electron chi connectivity index (χ2n) is 7.33. The van der Waals surface area contributed by atoms with Crippen LogP contribution in [0.2, 0.25) is 0 Å². The number of anilines is 1. The number of carbonyl (C=O) groups is 1. The molecule has 1 aromatic heterocycles. The number of amides is 1. The van der Waals surface area contributed by atoms with Crippen LogP contribution >= 0.6 is 0 Å². The minimum atomic E-state index is -0.0754. The largest absolute Gasteiger partial charge is 0.493 e. The lowest BCUT2D eigenvalue weighted by molar-refractivity contribution is -0.114. The number of ether oxygens (including phenoxy) is 2. The Morgan fingerprint density at radius 3 is 2.55 bits per heavy atom. The van der Waals surface area contributed by atoms with Gasteiger partial charge in [-0.3, -0.25) is 14.7 Å². The van der Waals surface area contributed by atoms with Crippen molar-refractivity contribution in [2.45, 2.75) is 26.4 Å². The van der Waals surface area contributed by atoms with Crippen molar-refractivity contribution in [2.24, 2.45) is 0 Å². The second-order valence-corrected chi connectivity index (χ2v) is 7.33. The number of methoxy groups -OCH3 is 2. The van der Waals surface area contributed by atoms with Crippen LogP contribution < -0.4 is 14.8 Å². The van der Waals surface area contributed by atoms with Crippen molar-refractivity contribution in [2.75, 3.05) is 26.1 Å². The van der Waals surface area contributed by atoms with Crippen LogP contribution in [0, 0.1) is 0 Å². The van der Waals surface area contributed by atoms with Gasteiger partial charge in [-0.15, -0.1) is 0 Å². The van der Waals surface area contributed by atoms with Gasteiger partial charge in [0.25, 0.3) is 0 Å². The number of rotatable bonds is 5. The molecule has 150 valence electrons. The van der Waals surface area contributed by atoms with E-state index in [-0.39, 0.29) is 5.91 Å². The maximum absolute atomic E-state index is 11.2. The lowest BCUT2D eigenvalue weighted by Gasteiger charge is -2.29. The van der Waals surface area contributed by atoms with E-state index >= 15 is 0 Å². The first-order valence-electron chi connectivity index (χ1n) is 9.69. The Bertz CT molecular complexity index is 1060. The van der Waals surface area contributed by atoms with E-state index < -0.39 is 0 Å². The predicted molar refractivity (Wildman–Crippen MR) is 113 cm³/mol. The predicted octanol–water partition coefficient (Wildman–Crippen LogP) is 3.77. The van der Waals surface area contributed by atoms with Crippen molar-refractivity contribution < 1.29 is 14.3 Å². The van der Waals surface area contributed by atoms with Gasteiger partial charge in [0.2, 0.25) is 5.91 Å². The Labute approximate surface area is 170 Å². The summed E-state index contributed by atoms with van der Waals surface area (Å²) in [5.41, 5.74) is 5.34. The molecular weight excluding hydrogens is 366 g/mol. The van der Waals surface area contributed by atoms with Crippen molar-refractivity contribution in [3.63, 3.8) is 0 Å². The molecule has 0 fully saturated rings. The summed E-state index contributed by atoms with van der Waals surface area (Å²) in [5, 5.41) is 3.82. The summed E-state index contributed by atoms with van der Waals surface area (Å²) in [7, 11) is 3.34. The summed E-state index contributed by atoms with van der Waals surface area (Å²) in [6, 6.07) is 14.1. The van der Waals surface area contributed by atoms with Gasteiger partial charge < -0.3 is 14.8 Å². The zero-order valence-electron chi connectivity index (χ0n) is 17.0. The van der Waals surface area contributed by atoms with E-state index in [0.29, 0.717) is 0 Å². The summed E-state index contributed by atoms with van der Waals surface area (Å²) in [5.74, 6) is 1.48. The molecule has 0 unspecified atom stereocenters. The minimum Gasteiger partial charge on any atom is -0.493 e. The summed E-state index contributed by atoms with van der Waals surface area (Å²) in [6.07, 6.45) is 0.976. The minimum absolute atomic E-state index is 0.0754. The third-order valence-electron chi connectivity index (χ3n) is 5.25. The van der Waals surface area contributed by atoms with Crippen LogP contribution in [0.1, 0.15) is 23.7 Å². The highest BCUT2D eigenvalue weighted by molar-refractivity contribution is 5.92. The van der Waals surface area contributed by atoms with Crippen molar-refractivity contribution in [1.29, 1.82) is 0 Å². The standard InChI is InChI=1S/C23H25N3O3/c1-15(27)24-19-6-7-21-17(10-19)4-5-20(25-21)14-26-9-8-16-11-22(28-2)23(29-3)12-18(16)13-26/h4-7,10-12H,8-9,13-14H2,1-3H3,(H,24,27). The lowest BCUT2D eigenvalue weighted by Crippen LogP contribution is -2.30. The van der Waals surface area contributed by atoms with Gasteiger partial charge in [0, 0.05) is 37.6 Å². The maximum atomic E-state index is 11.2. The first kappa shape index (κ1) is 19.2. The molecule has 1 aliphatic rings. The highest BCUT2D eigenvalue weighted by Gasteiger charge is 2.20. The summed E-state index contributed by atoms with van der Waals surface area (Å²) < 4.78 is 10.9. The topological polar surface area (TPSA) is 63.7 Å². The number of aromatic nitrogens is 1. The lowest BCUT2D eigenvalue weighted by atomic mass is 9.98. The van der Waals surface area contributed by atoms with E-state index in [1.165, 1.54) is 18.1 Å². The molecule has 0 bridgehead atoms. The van der Waals surface area contributed by atoms with E-state index in [4.69, 9.17) is 14.5 Å². The van der Waals surface area contributed by atoms with Gasteiger partial charge in [0.1, 0.15) is 0 Å². The molecule has 2 heterocycles. The molecule has 1 amide bonds. The number of benzene rings is 2. The number of nitrogens with one attached hydrogen (secondary N) is 1. The van der Waals surface area contributed by atoms with Crippen LogP contribution in [0.5, 0.6) is 11.5 Å². The van der Waals surface area contributed by atoms with Crippen LogP contribution in [-0.4, -0.2) is 36.6 Å². The van der Waals surface area contributed by atoms with Crippen LogP contribution in [0.4, 0.5) is 5.69 Å². The first-order chi connectivity index (χ1) is 14.1. The molecule has 1 aliphatic heterocycles. The fourth-order valence-electron chi connectivity index (χ4n) is 3.84. The molecule has 1 N–H and O–H groups in total. The Morgan fingerprint density at radius 2 is 1.83 bits per heavy atom. The average Bonchev–Trinajstić information content (AvgIpc) is 2.72. The molecule has 0 atom stereocenters. The zero-order chi connectivity index (χ0) is 20.4. The second kappa shape index (κ2) is 8.09. The van der Waals surface area contributed by atoms with Gasteiger partial charge in [-0.2, -0.15) is 0 Å². The molecule has 0 spiro atoms. The number of carbonyl (C=O) groups excluding carboxylic acids is 1. The molecular formula is C23H25N3O3. The van der Waals surface area contributed by atoms with Gasteiger partial charge in [0.15, 0.2) is 11.5 Å². The maximum Gasteiger partial charge on any atom is 0.221 e. The number of nitrogens with zero attached hydrogens (tertiary/aromatic N) is 2. The molecule has 29 heavy (non-hydrogen) atoms. The summed E-state index contributed by atoms with van der Waals surface area (Å²) >= 11 is 0. The number of fused-ring (bicyclic) bond motifs is 2. The quantitative estimate of drug-likeness (QED) is 0.717. The molecule has 6 nitrogen and oxygen atoms in total. The third-order valence-corrected chi connectivity index (χ3v) is 5.25. The van der Waals surface area contributed by atoms with Gasteiger partial charge in [-0.05, 0) is 53.9 Å². The summed E-state index contributed by atoms with van der Waals surface area (Å²) in [6.45, 7) is 4.13. The monoisotopic (exact) mass is 391 g/mol. The van der Waals surface area contributed by atoms with Crippen molar-refractivity contribution >= 4 is 22.5 Å². The Morgan fingerprint density at radius 1 is 1.07 bits per heavy atom. The average molecular weight is 391 g/mol. The van der Waals surface area contributed by atoms with E-state index in [1.54, 1.807) is 14.2 Å². The number of hydrogen-bond acceptors (Lipinski definition) is 5. The highest BCUT2D eigenvalue weighted by Crippen LogP contribution is 2.33. The molecule has 0 saturated carbocycles. The van der Waals surface area contributed by atoms with Gasteiger partial charge in [-0.1, -0.05) is 6.07 Å². The van der Waals surface area contributed by atoms with E-state index in [0.717, 1.165) is 59.8 Å². The van der Waals surface area contributed by atoms with Crippen LogP contribution in [-0.2, 0) is 24.3 Å². The van der Waals surface area contributed by atoms with Gasteiger partial charge >= 0.3 is 0 Å². The molecule has 0 saturated heterocycles. The van der Waals surface area contributed by atoms with Crippen LogP contribution in [0.15, 0.2) is 42.5 Å². The number of pyridine rings is 1. The van der Waals surface area contributed by atoms with Gasteiger partial charge in [-0.25, -0.2) is 0 Å². The zero-order valence-corrected chi connectivity index (χ0v) is 17.0. The molecule has 6 heteroatoms. The molecule has 4 rings (SSSR count). The fraction of sp³-hybridized carbons (Fsp3) is 0.304. The van der Waals surface area contributed by atoms with Crippen molar-refractivity contribution in [1.82, 2.24) is 9.88 Å². The fourth-order valence-corrected chi connectivity index (χ4v) is 3.84. The molecule has 0 radical (unpaired) electrons. The van der Waals surface area contributed by atoms with Crippen LogP contribution in [0.25, 0.3) is 10.9 Å². The Kier molecular flexibility index (Phi) is 5.36. The van der Waals surface area contributed by atoms with Crippen molar-refractivity contribution in [3.05, 3.63) is 59.3 Å². The first-order valence-corrected chi connectivity index (χ1v) is 9.69. The van der Waals surface area contributed by atoms with Gasteiger partial charge in [0.05, 0.1) is 25.4 Å². The smallest absolute Gasteiger partial charge is 0.221 e. The highest BCUT2D eigenvalue weighted by atomic mass is 16.5. The van der Waals surface area contributed by atoms with E-state index in [2.05, 4.69) is 34.5 Å². The number of hydrogen-bond donors (Lipinski definition) is 1. The van der Waals surface area contributed by atoms with E-state index in [1.807, 2.05) is 18.2 Å². The third kappa shape index (κ3) is 4.17. The van der Waals surface area contributed by atoms with Crippen molar-refractivity contribution in [3.8, 4) is 11.5 Å².